The number of carbonyl (C=O) groups excluding carboxylic acids is 1. The number of thiophene rings is 1. The highest BCUT2D eigenvalue weighted by Gasteiger charge is 2.17. The maximum atomic E-state index is 12.6. The molecule has 0 radical (unpaired) electrons. The fraction of sp³-hybridized carbons (Fsp3) is 0.235. The minimum atomic E-state index is -0.289. The number of ether oxygens (including phenoxy) is 2. The molecular weight excluding hydrogens is 470 g/mol. The van der Waals surface area contributed by atoms with Gasteiger partial charge in [-0.3, -0.25) is 10.1 Å². The number of carbonyl (C=O) groups is 1. The van der Waals surface area contributed by atoms with Crippen molar-refractivity contribution in [2.24, 2.45) is 0 Å². The molecule has 0 atom stereocenters. The Morgan fingerprint density at radius 3 is 2.93 bits per heavy atom. The molecule has 1 N–H and O–H groups in total. The normalized spacial score (nSPS) is 10.6. The lowest BCUT2D eigenvalue weighted by molar-refractivity contribution is 0.102. The van der Waals surface area contributed by atoms with Gasteiger partial charge in [0.05, 0.1) is 18.2 Å². The van der Waals surface area contributed by atoms with Crippen LogP contribution in [0, 0.1) is 0 Å². The van der Waals surface area contributed by atoms with Crippen LogP contribution in [0.2, 0.25) is 0 Å². The van der Waals surface area contributed by atoms with Gasteiger partial charge in [-0.2, -0.15) is 0 Å². The van der Waals surface area contributed by atoms with Crippen molar-refractivity contribution < 1.29 is 14.3 Å². The van der Waals surface area contributed by atoms with Crippen molar-refractivity contribution in [2.75, 3.05) is 19.0 Å². The van der Waals surface area contributed by atoms with E-state index in [0.717, 1.165) is 10.1 Å². The van der Waals surface area contributed by atoms with Crippen molar-refractivity contribution in [3.8, 4) is 11.5 Å². The number of methoxy groups -OCH3 is 1. The molecule has 10 heteroatoms. The van der Waals surface area contributed by atoms with Gasteiger partial charge in [0.1, 0.15) is 0 Å². The molecule has 0 saturated heterocycles. The molecule has 1 amide bonds. The van der Waals surface area contributed by atoms with Crippen LogP contribution < -0.4 is 14.8 Å². The topological polar surface area (TPSA) is 73.3 Å². The van der Waals surface area contributed by atoms with Crippen LogP contribution in [0.3, 0.4) is 0 Å². The third-order valence-electron chi connectivity index (χ3n) is 3.33. The van der Waals surface area contributed by atoms with Gasteiger partial charge in [0.2, 0.25) is 5.13 Å². The van der Waals surface area contributed by atoms with Crippen LogP contribution in [0.1, 0.15) is 22.2 Å². The Balaban J connectivity index is 1.67. The van der Waals surface area contributed by atoms with Crippen molar-refractivity contribution in [2.45, 2.75) is 17.0 Å². The van der Waals surface area contributed by atoms with Gasteiger partial charge in [-0.1, -0.05) is 29.2 Å². The number of nitrogens with zero attached hydrogens (tertiary/aromatic N) is 2. The molecule has 1 aromatic carbocycles. The molecule has 3 rings (SSSR count). The average molecular weight is 486 g/mol. The van der Waals surface area contributed by atoms with E-state index in [1.807, 2.05) is 18.4 Å². The summed E-state index contributed by atoms with van der Waals surface area (Å²) in [7, 11) is 1.54. The van der Waals surface area contributed by atoms with E-state index in [-0.39, 0.29) is 5.91 Å². The Bertz CT molecular complexity index is 916. The van der Waals surface area contributed by atoms with Gasteiger partial charge in [0.15, 0.2) is 15.8 Å². The second-order valence-corrected chi connectivity index (χ2v) is 9.20. The van der Waals surface area contributed by atoms with Gasteiger partial charge in [0, 0.05) is 16.2 Å². The largest absolute Gasteiger partial charge is 0.493 e. The lowest BCUT2D eigenvalue weighted by atomic mass is 10.2. The van der Waals surface area contributed by atoms with Crippen LogP contribution in [0.15, 0.2) is 38.5 Å². The molecule has 2 aromatic heterocycles. The van der Waals surface area contributed by atoms with E-state index in [1.165, 1.54) is 23.3 Å². The van der Waals surface area contributed by atoms with Crippen molar-refractivity contribution in [1.29, 1.82) is 0 Å². The van der Waals surface area contributed by atoms with Crippen LogP contribution in [0.25, 0.3) is 0 Å². The van der Waals surface area contributed by atoms with Crippen molar-refractivity contribution in [3.05, 3.63) is 44.6 Å². The zero-order chi connectivity index (χ0) is 19.2. The first kappa shape index (κ1) is 20.1. The molecule has 0 spiro atoms. The molecule has 27 heavy (non-hydrogen) atoms. The predicted molar refractivity (Wildman–Crippen MR) is 114 cm³/mol. The Morgan fingerprint density at radius 2 is 2.22 bits per heavy atom. The van der Waals surface area contributed by atoms with Gasteiger partial charge in [-0.25, -0.2) is 0 Å². The highest BCUT2D eigenvalue weighted by atomic mass is 79.9. The van der Waals surface area contributed by atoms with Gasteiger partial charge in [-0.05, 0) is 46.4 Å². The summed E-state index contributed by atoms with van der Waals surface area (Å²) >= 11 is 8.08. The predicted octanol–water partition coefficient (Wildman–Crippen LogP) is 5.31. The number of hydrogen-bond acceptors (Lipinski definition) is 8. The van der Waals surface area contributed by atoms with E-state index in [9.17, 15) is 4.79 Å². The van der Waals surface area contributed by atoms with Crippen LogP contribution in [-0.4, -0.2) is 29.8 Å². The number of rotatable bonds is 8. The molecule has 3 aromatic rings. The van der Waals surface area contributed by atoms with Crippen molar-refractivity contribution >= 4 is 61.4 Å². The van der Waals surface area contributed by atoms with Gasteiger partial charge < -0.3 is 9.47 Å². The maximum Gasteiger partial charge on any atom is 0.257 e. The number of aromatic nitrogens is 2. The third kappa shape index (κ3) is 5.22. The van der Waals surface area contributed by atoms with Crippen LogP contribution in [0.5, 0.6) is 11.5 Å². The van der Waals surface area contributed by atoms with Crippen LogP contribution in [-0.2, 0) is 5.75 Å². The van der Waals surface area contributed by atoms with E-state index in [0.29, 0.717) is 33.3 Å². The summed E-state index contributed by atoms with van der Waals surface area (Å²) in [5, 5.41) is 13.4. The second kappa shape index (κ2) is 9.54. The Kier molecular flexibility index (Phi) is 7.11. The summed E-state index contributed by atoms with van der Waals surface area (Å²) in [5.74, 6) is 1.60. The molecule has 2 heterocycles. The maximum absolute atomic E-state index is 12.6. The fourth-order valence-electron chi connectivity index (χ4n) is 2.15. The van der Waals surface area contributed by atoms with Gasteiger partial charge in [-0.15, -0.1) is 21.5 Å². The summed E-state index contributed by atoms with van der Waals surface area (Å²) in [6.07, 6.45) is 0. The van der Waals surface area contributed by atoms with Gasteiger partial charge >= 0.3 is 0 Å². The first-order chi connectivity index (χ1) is 13.1. The van der Waals surface area contributed by atoms with Crippen LogP contribution in [0.4, 0.5) is 5.13 Å². The lowest BCUT2D eigenvalue weighted by Crippen LogP contribution is -2.12. The number of hydrogen-bond donors (Lipinski definition) is 1. The van der Waals surface area contributed by atoms with E-state index >= 15 is 0 Å². The zero-order valence-electron chi connectivity index (χ0n) is 14.5. The summed E-state index contributed by atoms with van der Waals surface area (Å²) in [4.78, 5) is 13.8. The molecule has 0 unspecified atom stereocenters. The number of benzene rings is 1. The molecule has 0 aliphatic heterocycles. The molecule has 0 fully saturated rings. The second-order valence-electron chi connectivity index (χ2n) is 5.12. The number of nitrogens with one attached hydrogen (secondary N) is 1. The minimum Gasteiger partial charge on any atom is -0.493 e. The first-order valence-corrected chi connectivity index (χ1v) is 11.4. The summed E-state index contributed by atoms with van der Waals surface area (Å²) in [6.45, 7) is 2.38. The number of amides is 1. The third-order valence-corrected chi connectivity index (χ3v) is 6.99. The molecule has 0 aliphatic carbocycles. The van der Waals surface area contributed by atoms with E-state index < -0.39 is 0 Å². The average Bonchev–Trinajstić information content (AvgIpc) is 3.33. The Morgan fingerprint density at radius 1 is 1.37 bits per heavy atom. The summed E-state index contributed by atoms with van der Waals surface area (Å²) < 4.78 is 12.3. The summed E-state index contributed by atoms with van der Waals surface area (Å²) in [6, 6.07) is 7.43. The van der Waals surface area contributed by atoms with Crippen molar-refractivity contribution in [3.63, 3.8) is 0 Å². The SMILES string of the molecule is CCOc1c(Br)cc(C(=O)Nc2nnc(SCc3cccs3)s2)cc1OC. The standard InChI is InChI=1S/C17H16BrN3O3S3/c1-3-24-14-12(18)7-10(8-13(14)23-2)15(22)19-16-20-21-17(27-16)26-9-11-5-4-6-25-11/h4-8H,3,9H2,1-2H3,(H,19,20,22). The highest BCUT2D eigenvalue weighted by molar-refractivity contribution is 9.10. The fourth-order valence-corrected chi connectivity index (χ4v) is 5.23. The Labute approximate surface area is 177 Å². The first-order valence-electron chi connectivity index (χ1n) is 7.91. The monoisotopic (exact) mass is 485 g/mol. The number of anilines is 1. The molecular formula is C17H16BrN3O3S3. The molecule has 142 valence electrons. The van der Waals surface area contributed by atoms with E-state index in [4.69, 9.17) is 9.47 Å². The number of thioether (sulfide) groups is 1. The minimum absolute atomic E-state index is 0.289. The van der Waals surface area contributed by atoms with Gasteiger partial charge in [0.25, 0.3) is 5.91 Å². The molecule has 0 aliphatic rings. The van der Waals surface area contributed by atoms with Crippen molar-refractivity contribution in [1.82, 2.24) is 10.2 Å². The van der Waals surface area contributed by atoms with E-state index in [2.05, 4.69) is 37.5 Å². The smallest absolute Gasteiger partial charge is 0.257 e. The lowest BCUT2D eigenvalue weighted by Gasteiger charge is -2.12. The Hall–Kier alpha value is -1.62. The zero-order valence-corrected chi connectivity index (χ0v) is 18.6. The van der Waals surface area contributed by atoms with E-state index in [1.54, 1.807) is 35.2 Å². The molecule has 0 bridgehead atoms. The van der Waals surface area contributed by atoms with Crippen LogP contribution >= 0.6 is 50.4 Å². The molecule has 6 nitrogen and oxygen atoms in total. The highest BCUT2D eigenvalue weighted by Crippen LogP contribution is 2.37. The quantitative estimate of drug-likeness (QED) is 0.344. The molecule has 0 saturated carbocycles. The number of halogens is 1. The summed E-state index contributed by atoms with van der Waals surface area (Å²) in [5.41, 5.74) is 0.435.